The maximum atomic E-state index is 13.0. The molecule has 3 rings (SSSR count). The Morgan fingerprint density at radius 3 is 2.45 bits per heavy atom. The summed E-state index contributed by atoms with van der Waals surface area (Å²) in [6, 6.07) is 9.64. The number of ketones is 1. The number of aryl methyl sites for hydroxylation is 1. The number of amides is 1. The van der Waals surface area contributed by atoms with E-state index >= 15 is 0 Å². The second kappa shape index (κ2) is 8.34. The number of aromatic amines is 1. The van der Waals surface area contributed by atoms with Gasteiger partial charge in [0, 0.05) is 22.2 Å². The predicted molar refractivity (Wildman–Crippen MR) is 108 cm³/mol. The van der Waals surface area contributed by atoms with Crippen LogP contribution in [0, 0.1) is 12.8 Å². The van der Waals surface area contributed by atoms with Gasteiger partial charge in [-0.3, -0.25) is 9.59 Å². The number of esters is 1. The Hall–Kier alpha value is -3.35. The lowest BCUT2D eigenvalue weighted by molar-refractivity contribution is -0.149. The van der Waals surface area contributed by atoms with Gasteiger partial charge in [0.2, 0.25) is 5.78 Å². The smallest absolute Gasteiger partial charge is 0.329 e. The minimum absolute atomic E-state index is 0.0991. The Kier molecular flexibility index (Phi) is 5.87. The van der Waals surface area contributed by atoms with E-state index in [-0.39, 0.29) is 17.5 Å². The van der Waals surface area contributed by atoms with Gasteiger partial charge in [-0.1, -0.05) is 32.0 Å². The summed E-state index contributed by atoms with van der Waals surface area (Å²) in [5, 5.41) is 3.40. The van der Waals surface area contributed by atoms with Gasteiger partial charge in [0.25, 0.3) is 5.91 Å². The molecule has 0 unspecified atom stereocenters. The highest BCUT2D eigenvalue weighted by Crippen LogP contribution is 2.24. The minimum atomic E-state index is -0.998. The fourth-order valence-electron chi connectivity index (χ4n) is 3.22. The van der Waals surface area contributed by atoms with Crippen molar-refractivity contribution in [3.8, 4) is 0 Å². The molecular formula is C22H24N2O5. The summed E-state index contributed by atoms with van der Waals surface area (Å²) in [6.45, 7) is 6.91. The van der Waals surface area contributed by atoms with Crippen molar-refractivity contribution in [3.05, 3.63) is 59.7 Å². The summed E-state index contributed by atoms with van der Waals surface area (Å²) in [7, 11) is 0. The number of hydrogen-bond donors (Lipinski definition) is 2. The summed E-state index contributed by atoms with van der Waals surface area (Å²) in [6.07, 6.45) is 0.379. The molecule has 2 heterocycles. The number of H-pyrrole nitrogens is 1. The van der Waals surface area contributed by atoms with E-state index in [1.165, 1.54) is 19.3 Å². The molecule has 0 fully saturated rings. The van der Waals surface area contributed by atoms with Crippen LogP contribution in [-0.4, -0.2) is 34.8 Å². The van der Waals surface area contributed by atoms with Crippen LogP contribution in [0.15, 0.2) is 47.1 Å². The Balaban J connectivity index is 1.74. The summed E-state index contributed by atoms with van der Waals surface area (Å²) in [5.41, 5.74) is 2.06. The van der Waals surface area contributed by atoms with Gasteiger partial charge in [-0.2, -0.15) is 0 Å². The molecule has 0 spiro atoms. The maximum absolute atomic E-state index is 13.0. The largest absolute Gasteiger partial charge is 0.459 e. The van der Waals surface area contributed by atoms with Crippen molar-refractivity contribution in [2.75, 3.05) is 0 Å². The first-order chi connectivity index (χ1) is 13.8. The average molecular weight is 396 g/mol. The van der Waals surface area contributed by atoms with Gasteiger partial charge < -0.3 is 19.5 Å². The quantitative estimate of drug-likeness (QED) is 0.469. The highest BCUT2D eigenvalue weighted by Gasteiger charge is 2.31. The molecule has 1 aromatic carbocycles. The van der Waals surface area contributed by atoms with Crippen molar-refractivity contribution < 1.29 is 23.5 Å². The summed E-state index contributed by atoms with van der Waals surface area (Å²) in [4.78, 5) is 41.1. The van der Waals surface area contributed by atoms with Crippen LogP contribution in [-0.2, 0) is 9.53 Å². The number of nitrogens with one attached hydrogen (secondary N) is 2. The van der Waals surface area contributed by atoms with Crippen molar-refractivity contribution in [2.24, 2.45) is 5.92 Å². The fourth-order valence-corrected chi connectivity index (χ4v) is 3.22. The van der Waals surface area contributed by atoms with Gasteiger partial charge in [0.05, 0.1) is 6.26 Å². The van der Waals surface area contributed by atoms with Crippen molar-refractivity contribution in [1.29, 1.82) is 0 Å². The highest BCUT2D eigenvalue weighted by molar-refractivity contribution is 6.11. The van der Waals surface area contributed by atoms with Crippen LogP contribution in [0.1, 0.15) is 47.4 Å². The van der Waals surface area contributed by atoms with Gasteiger partial charge in [-0.25, -0.2) is 4.79 Å². The van der Waals surface area contributed by atoms with E-state index in [1.54, 1.807) is 19.9 Å². The van der Waals surface area contributed by atoms with E-state index in [0.29, 0.717) is 11.3 Å². The fraction of sp³-hybridized carbons (Fsp3) is 0.318. The first kappa shape index (κ1) is 20.4. The molecule has 7 nitrogen and oxygen atoms in total. The lowest BCUT2D eigenvalue weighted by Crippen LogP contribution is -2.46. The average Bonchev–Trinajstić information content (AvgIpc) is 3.32. The van der Waals surface area contributed by atoms with E-state index in [4.69, 9.17) is 9.15 Å². The monoisotopic (exact) mass is 396 g/mol. The number of para-hydroxylation sites is 1. The number of aromatic nitrogens is 1. The molecule has 1 amide bonds. The van der Waals surface area contributed by atoms with Crippen LogP contribution < -0.4 is 5.32 Å². The number of benzene rings is 1. The molecule has 0 saturated carbocycles. The van der Waals surface area contributed by atoms with E-state index in [0.717, 1.165) is 10.9 Å². The maximum Gasteiger partial charge on any atom is 0.329 e. The third-order valence-electron chi connectivity index (χ3n) is 4.75. The lowest BCUT2D eigenvalue weighted by atomic mass is 10.0. The molecule has 2 N–H and O–H groups in total. The minimum Gasteiger partial charge on any atom is -0.459 e. The number of fused-ring (bicyclic) bond motifs is 1. The second-order valence-electron chi connectivity index (χ2n) is 7.29. The van der Waals surface area contributed by atoms with Crippen LogP contribution in [0.25, 0.3) is 10.9 Å². The lowest BCUT2D eigenvalue weighted by Gasteiger charge is -2.22. The van der Waals surface area contributed by atoms with Crippen molar-refractivity contribution in [3.63, 3.8) is 0 Å². The number of rotatable bonds is 7. The van der Waals surface area contributed by atoms with Gasteiger partial charge in [-0.05, 0) is 38.0 Å². The van der Waals surface area contributed by atoms with Gasteiger partial charge in [0.1, 0.15) is 6.04 Å². The van der Waals surface area contributed by atoms with Gasteiger partial charge in [0.15, 0.2) is 11.9 Å². The summed E-state index contributed by atoms with van der Waals surface area (Å²) < 4.78 is 10.5. The summed E-state index contributed by atoms with van der Waals surface area (Å²) in [5.74, 6) is -1.62. The molecule has 3 aromatic rings. The number of furan rings is 1. The molecule has 0 bridgehead atoms. The molecule has 0 radical (unpaired) electrons. The van der Waals surface area contributed by atoms with Crippen LogP contribution in [0.2, 0.25) is 0 Å². The number of Topliss-reactive ketones (excluding diaryl/α,β-unsaturated/α-hetero) is 1. The van der Waals surface area contributed by atoms with Crippen LogP contribution in [0.4, 0.5) is 0 Å². The van der Waals surface area contributed by atoms with Gasteiger partial charge in [-0.15, -0.1) is 0 Å². The van der Waals surface area contributed by atoms with E-state index in [1.807, 2.05) is 31.2 Å². The zero-order valence-corrected chi connectivity index (χ0v) is 16.8. The molecule has 152 valence electrons. The zero-order chi connectivity index (χ0) is 21.1. The van der Waals surface area contributed by atoms with E-state index in [2.05, 4.69) is 10.3 Å². The molecule has 0 aliphatic carbocycles. The molecule has 0 aliphatic heterocycles. The normalized spacial score (nSPS) is 13.3. The topological polar surface area (TPSA) is 101 Å². The first-order valence-corrected chi connectivity index (χ1v) is 9.46. The van der Waals surface area contributed by atoms with Crippen molar-refractivity contribution in [2.45, 2.75) is 39.8 Å². The van der Waals surface area contributed by atoms with Crippen LogP contribution in [0.3, 0.4) is 0 Å². The molecule has 2 atom stereocenters. The van der Waals surface area contributed by atoms with Crippen molar-refractivity contribution >= 4 is 28.6 Å². The Labute approximate surface area is 168 Å². The van der Waals surface area contributed by atoms with Crippen molar-refractivity contribution in [1.82, 2.24) is 10.3 Å². The van der Waals surface area contributed by atoms with E-state index < -0.39 is 24.0 Å². The Morgan fingerprint density at radius 1 is 1.07 bits per heavy atom. The molecule has 0 saturated heterocycles. The Bertz CT molecular complexity index is 1030. The standard InChI is InChI=1S/C22H24N2O5/c1-12(2)19(24-21(26)17-10-7-11-28-17)22(27)29-14(4)20(25)18-13(3)23-16-9-6-5-8-15(16)18/h5-12,14,19,23H,1-4H3,(H,24,26)/t14-,19-/m0/s1. The Morgan fingerprint density at radius 2 is 1.79 bits per heavy atom. The molecular weight excluding hydrogens is 372 g/mol. The molecule has 0 aliphatic rings. The third-order valence-corrected chi connectivity index (χ3v) is 4.75. The van der Waals surface area contributed by atoms with Crippen LogP contribution >= 0.6 is 0 Å². The molecule has 2 aromatic heterocycles. The highest BCUT2D eigenvalue weighted by atomic mass is 16.5. The molecule has 29 heavy (non-hydrogen) atoms. The first-order valence-electron chi connectivity index (χ1n) is 9.46. The van der Waals surface area contributed by atoms with Gasteiger partial charge >= 0.3 is 5.97 Å². The van der Waals surface area contributed by atoms with E-state index in [9.17, 15) is 14.4 Å². The summed E-state index contributed by atoms with van der Waals surface area (Å²) >= 11 is 0. The number of carbonyl (C=O) groups is 3. The van der Waals surface area contributed by atoms with Crippen LogP contribution in [0.5, 0.6) is 0 Å². The number of hydrogen-bond acceptors (Lipinski definition) is 5. The second-order valence-corrected chi connectivity index (χ2v) is 7.29. The molecule has 7 heteroatoms. The number of ether oxygens (including phenoxy) is 1. The zero-order valence-electron chi connectivity index (χ0n) is 16.8. The SMILES string of the molecule is Cc1[nH]c2ccccc2c1C(=O)[C@H](C)OC(=O)[C@@H](NC(=O)c1ccco1)C(C)C. The predicted octanol–water partition coefficient (Wildman–Crippen LogP) is 3.64. The number of carbonyl (C=O) groups excluding carboxylic acids is 3. The third kappa shape index (κ3) is 4.23.